The number of carbonyl (C=O) groups is 1. The highest BCUT2D eigenvalue weighted by atomic mass is 32.2. The van der Waals surface area contributed by atoms with E-state index in [1.165, 1.54) is 18.3 Å². The number of aryl methyl sites for hydroxylation is 3. The molecule has 0 aliphatic heterocycles. The lowest BCUT2D eigenvalue weighted by molar-refractivity contribution is 0.0691. The van der Waals surface area contributed by atoms with E-state index in [-0.39, 0.29) is 6.54 Å². The third kappa shape index (κ3) is 3.97. The molecule has 2 N–H and O–H groups in total. The molecule has 0 amide bonds. The van der Waals surface area contributed by atoms with Gasteiger partial charge in [-0.05, 0) is 44.9 Å². The van der Waals surface area contributed by atoms with Crippen LogP contribution in [0.1, 0.15) is 31.5 Å². The molecule has 1 heterocycles. The molecule has 0 aliphatic rings. The SMILES string of the molecule is Cc1cc(C(=O)O)c(F)c(S(=O)(=O)NCCc2sc(C)nc2C)c1. The molecule has 0 saturated heterocycles. The van der Waals surface area contributed by atoms with Crippen molar-refractivity contribution >= 4 is 27.3 Å². The predicted molar refractivity (Wildman–Crippen MR) is 88.6 cm³/mol. The Kier molecular flexibility index (Phi) is 5.36. The van der Waals surface area contributed by atoms with Crippen LogP contribution in [-0.4, -0.2) is 31.0 Å². The van der Waals surface area contributed by atoms with Crippen LogP contribution in [-0.2, 0) is 16.4 Å². The van der Waals surface area contributed by atoms with E-state index in [4.69, 9.17) is 5.11 Å². The summed E-state index contributed by atoms with van der Waals surface area (Å²) in [5.41, 5.74) is 0.527. The van der Waals surface area contributed by atoms with E-state index in [1.807, 2.05) is 13.8 Å². The van der Waals surface area contributed by atoms with Gasteiger partial charge in [0.2, 0.25) is 10.0 Å². The number of carboxylic acids is 1. The van der Waals surface area contributed by atoms with Crippen molar-refractivity contribution < 1.29 is 22.7 Å². The Labute approximate surface area is 143 Å². The molecular weight excluding hydrogens is 355 g/mol. The van der Waals surface area contributed by atoms with Crippen LogP contribution in [0, 0.1) is 26.6 Å². The molecule has 24 heavy (non-hydrogen) atoms. The van der Waals surface area contributed by atoms with Crippen molar-refractivity contribution in [3.8, 4) is 0 Å². The quantitative estimate of drug-likeness (QED) is 0.812. The first-order chi connectivity index (χ1) is 11.1. The lowest BCUT2D eigenvalue weighted by atomic mass is 10.1. The van der Waals surface area contributed by atoms with Crippen molar-refractivity contribution in [2.24, 2.45) is 0 Å². The van der Waals surface area contributed by atoms with E-state index in [1.54, 1.807) is 0 Å². The van der Waals surface area contributed by atoms with Gasteiger partial charge in [0.05, 0.1) is 16.3 Å². The number of thiazole rings is 1. The zero-order chi connectivity index (χ0) is 18.1. The van der Waals surface area contributed by atoms with Crippen LogP contribution < -0.4 is 4.72 Å². The summed E-state index contributed by atoms with van der Waals surface area (Å²) in [4.78, 5) is 15.6. The second-order valence-electron chi connectivity index (χ2n) is 5.32. The van der Waals surface area contributed by atoms with E-state index in [0.717, 1.165) is 27.7 Å². The summed E-state index contributed by atoms with van der Waals surface area (Å²) in [7, 11) is -4.15. The number of carboxylic acid groups (broad SMARTS) is 1. The second kappa shape index (κ2) is 6.96. The third-order valence-corrected chi connectivity index (χ3v) is 5.94. The first-order valence-corrected chi connectivity index (χ1v) is 9.38. The second-order valence-corrected chi connectivity index (χ2v) is 8.34. The number of nitrogens with zero attached hydrogens (tertiary/aromatic N) is 1. The summed E-state index contributed by atoms with van der Waals surface area (Å²) in [6, 6.07) is 2.21. The Hall–Kier alpha value is -1.84. The van der Waals surface area contributed by atoms with Gasteiger partial charge in [0.15, 0.2) is 5.82 Å². The number of nitrogens with one attached hydrogen (secondary N) is 1. The zero-order valence-electron chi connectivity index (χ0n) is 13.4. The molecule has 2 rings (SSSR count). The normalized spacial score (nSPS) is 11.7. The van der Waals surface area contributed by atoms with Crippen LogP contribution in [0.2, 0.25) is 0 Å². The van der Waals surface area contributed by atoms with E-state index in [0.29, 0.717) is 12.0 Å². The van der Waals surface area contributed by atoms with Gasteiger partial charge in [-0.15, -0.1) is 11.3 Å². The average molecular weight is 372 g/mol. The van der Waals surface area contributed by atoms with Crippen LogP contribution in [0.15, 0.2) is 17.0 Å². The summed E-state index contributed by atoms with van der Waals surface area (Å²) < 4.78 is 41.1. The Balaban J connectivity index is 2.21. The van der Waals surface area contributed by atoms with Crippen LogP contribution in [0.4, 0.5) is 4.39 Å². The molecule has 0 saturated carbocycles. The average Bonchev–Trinajstić information content (AvgIpc) is 2.78. The number of sulfonamides is 1. The summed E-state index contributed by atoms with van der Waals surface area (Å²) in [6.45, 7) is 5.28. The highest BCUT2D eigenvalue weighted by Crippen LogP contribution is 2.21. The number of rotatable bonds is 6. The lowest BCUT2D eigenvalue weighted by Crippen LogP contribution is -2.27. The molecule has 0 atom stereocenters. The zero-order valence-corrected chi connectivity index (χ0v) is 15.0. The maximum atomic E-state index is 14.2. The third-order valence-electron chi connectivity index (χ3n) is 3.35. The maximum absolute atomic E-state index is 14.2. The highest BCUT2D eigenvalue weighted by Gasteiger charge is 2.24. The fourth-order valence-electron chi connectivity index (χ4n) is 2.27. The van der Waals surface area contributed by atoms with Gasteiger partial charge in [-0.2, -0.15) is 0 Å². The number of aromatic nitrogens is 1. The Bertz CT molecular complexity index is 891. The molecule has 1 aromatic carbocycles. The van der Waals surface area contributed by atoms with Crippen molar-refractivity contribution in [2.75, 3.05) is 6.54 Å². The van der Waals surface area contributed by atoms with Crippen LogP contribution in [0.25, 0.3) is 0 Å². The van der Waals surface area contributed by atoms with Gasteiger partial charge in [-0.25, -0.2) is 27.3 Å². The molecule has 9 heteroatoms. The molecular formula is C15H17FN2O4S2. The highest BCUT2D eigenvalue weighted by molar-refractivity contribution is 7.89. The van der Waals surface area contributed by atoms with Gasteiger partial charge in [0.1, 0.15) is 4.90 Å². The molecule has 130 valence electrons. The van der Waals surface area contributed by atoms with Crippen molar-refractivity contribution in [1.82, 2.24) is 9.71 Å². The predicted octanol–water partition coefficient (Wildman–Crippen LogP) is 2.43. The molecule has 0 fully saturated rings. The largest absolute Gasteiger partial charge is 0.478 e. The van der Waals surface area contributed by atoms with E-state index in [2.05, 4.69) is 9.71 Å². The first-order valence-electron chi connectivity index (χ1n) is 7.08. The van der Waals surface area contributed by atoms with Crippen molar-refractivity contribution in [3.05, 3.63) is 44.7 Å². The van der Waals surface area contributed by atoms with Crippen LogP contribution >= 0.6 is 11.3 Å². The Morgan fingerprint density at radius 1 is 1.33 bits per heavy atom. The minimum Gasteiger partial charge on any atom is -0.478 e. The molecule has 6 nitrogen and oxygen atoms in total. The van der Waals surface area contributed by atoms with Crippen LogP contribution in [0.3, 0.4) is 0 Å². The summed E-state index contributed by atoms with van der Waals surface area (Å²) in [5, 5.41) is 9.87. The summed E-state index contributed by atoms with van der Waals surface area (Å²) >= 11 is 1.47. The number of benzene rings is 1. The Morgan fingerprint density at radius 3 is 2.54 bits per heavy atom. The van der Waals surface area contributed by atoms with Crippen molar-refractivity contribution in [1.29, 1.82) is 0 Å². The molecule has 0 aliphatic carbocycles. The van der Waals surface area contributed by atoms with Gasteiger partial charge in [0.25, 0.3) is 0 Å². The standard InChI is InChI=1S/C15H17FN2O4S2/c1-8-6-11(15(19)20)14(16)13(7-8)24(21,22)17-5-4-12-9(2)18-10(3)23-12/h6-7,17H,4-5H2,1-3H3,(H,19,20). The number of hydrogen-bond acceptors (Lipinski definition) is 5. The van der Waals surface area contributed by atoms with E-state index >= 15 is 0 Å². The Morgan fingerprint density at radius 2 is 2.00 bits per heavy atom. The minimum absolute atomic E-state index is 0.0700. The van der Waals surface area contributed by atoms with Gasteiger partial charge >= 0.3 is 5.97 Å². The van der Waals surface area contributed by atoms with Gasteiger partial charge in [-0.3, -0.25) is 0 Å². The number of hydrogen-bond donors (Lipinski definition) is 2. The summed E-state index contributed by atoms with van der Waals surface area (Å²) in [6.07, 6.45) is 0.426. The van der Waals surface area contributed by atoms with Crippen LogP contribution in [0.5, 0.6) is 0 Å². The molecule has 0 spiro atoms. The number of aromatic carboxylic acids is 1. The fourth-order valence-corrected chi connectivity index (χ4v) is 4.42. The minimum atomic E-state index is -4.15. The fraction of sp³-hybridized carbons (Fsp3) is 0.333. The lowest BCUT2D eigenvalue weighted by Gasteiger charge is -2.10. The summed E-state index contributed by atoms with van der Waals surface area (Å²) in [5.74, 6) is -2.77. The molecule has 0 radical (unpaired) electrons. The van der Waals surface area contributed by atoms with E-state index < -0.39 is 32.3 Å². The first kappa shape index (κ1) is 18.5. The van der Waals surface area contributed by atoms with E-state index in [9.17, 15) is 17.6 Å². The van der Waals surface area contributed by atoms with Gasteiger partial charge in [-0.1, -0.05) is 0 Å². The maximum Gasteiger partial charge on any atom is 0.338 e. The molecule has 1 aromatic heterocycles. The van der Waals surface area contributed by atoms with Crippen molar-refractivity contribution in [3.63, 3.8) is 0 Å². The smallest absolute Gasteiger partial charge is 0.338 e. The number of halogens is 1. The molecule has 0 bridgehead atoms. The van der Waals surface area contributed by atoms with Gasteiger partial charge < -0.3 is 5.11 Å². The monoisotopic (exact) mass is 372 g/mol. The molecule has 2 aromatic rings. The topological polar surface area (TPSA) is 96.4 Å². The van der Waals surface area contributed by atoms with Gasteiger partial charge in [0, 0.05) is 11.4 Å². The van der Waals surface area contributed by atoms with Crippen molar-refractivity contribution in [2.45, 2.75) is 32.1 Å². The molecule has 0 unspecified atom stereocenters.